The molecule has 252 valence electrons. The molecule has 42 heavy (non-hydrogen) atoms. The fourth-order valence-corrected chi connectivity index (χ4v) is 3.82. The predicted octanol–water partition coefficient (Wildman–Crippen LogP) is 10.8. The van der Waals surface area contributed by atoms with Gasteiger partial charge in [0.25, 0.3) is 0 Å². The van der Waals surface area contributed by atoms with Crippen LogP contribution in [0.25, 0.3) is 0 Å². The van der Waals surface area contributed by atoms with Crippen LogP contribution in [0.1, 0.15) is 103 Å². The maximum absolute atomic E-state index is 13.7. The molecule has 0 heterocycles. The summed E-state index contributed by atoms with van der Waals surface area (Å²) in [5, 5.41) is 0. The highest BCUT2D eigenvalue weighted by Crippen LogP contribution is 2.62. The number of carbonyl (C=O) groups is 1. The first kappa shape index (κ1) is 40.4. The van der Waals surface area contributed by atoms with Crippen LogP contribution in [0, 0.1) is 0 Å². The maximum Gasteiger partial charge on any atom is 0.460 e. The highest BCUT2D eigenvalue weighted by atomic mass is 19.4. The fraction of sp³-hybridized carbons (Fsp3) is 0.960. The van der Waals surface area contributed by atoms with Crippen molar-refractivity contribution in [3.63, 3.8) is 0 Å². The minimum Gasteiger partial charge on any atom is -0.461 e. The molecule has 0 aliphatic rings. The van der Waals surface area contributed by atoms with Crippen molar-refractivity contribution in [2.24, 2.45) is 0 Å². The van der Waals surface area contributed by atoms with Crippen LogP contribution in [0.3, 0.4) is 0 Å². The standard InChI is InChI=1S/C25H35F15O2/c1-2-3-4-5-6-7-8-9-10-11-12-13-14-15-16-17-42-18(41)19(26,27)20(28,29)21(30,31)22(32,33)23(34,35)24(36,37)25(38,39)40/h2-17H2,1H3. The Balaban J connectivity index is 4.76. The normalized spacial score (nSPS) is 14.4. The largest absolute Gasteiger partial charge is 0.461 e. The van der Waals surface area contributed by atoms with Crippen LogP contribution in [-0.4, -0.2) is 54.3 Å². The van der Waals surface area contributed by atoms with E-state index in [9.17, 15) is 70.7 Å². The van der Waals surface area contributed by atoms with Gasteiger partial charge in [0, 0.05) is 0 Å². The van der Waals surface area contributed by atoms with E-state index in [1.165, 1.54) is 32.1 Å². The molecule has 17 heteroatoms. The molecule has 0 fully saturated rings. The Labute approximate surface area is 233 Å². The van der Waals surface area contributed by atoms with Gasteiger partial charge in [-0.3, -0.25) is 0 Å². The lowest BCUT2D eigenvalue weighted by atomic mass is 9.91. The molecule has 0 N–H and O–H groups in total. The Hall–Kier alpha value is -1.58. The number of hydrogen-bond donors (Lipinski definition) is 0. The zero-order valence-corrected chi connectivity index (χ0v) is 22.8. The van der Waals surface area contributed by atoms with E-state index in [2.05, 4.69) is 11.7 Å². The molecule has 0 aromatic carbocycles. The van der Waals surface area contributed by atoms with Gasteiger partial charge in [0.05, 0.1) is 6.61 Å². The van der Waals surface area contributed by atoms with Crippen molar-refractivity contribution in [1.29, 1.82) is 0 Å². The summed E-state index contributed by atoms with van der Waals surface area (Å²) in [6, 6.07) is 0. The van der Waals surface area contributed by atoms with E-state index in [1.54, 1.807) is 0 Å². The summed E-state index contributed by atoms with van der Waals surface area (Å²) >= 11 is 0. The first-order valence-corrected chi connectivity index (χ1v) is 13.5. The topological polar surface area (TPSA) is 26.3 Å². The number of rotatable bonds is 22. The van der Waals surface area contributed by atoms with Crippen molar-refractivity contribution >= 4 is 5.97 Å². The third-order valence-corrected chi connectivity index (χ3v) is 6.57. The first-order chi connectivity index (χ1) is 19.0. The predicted molar refractivity (Wildman–Crippen MR) is 122 cm³/mol. The maximum atomic E-state index is 13.7. The van der Waals surface area contributed by atoms with Crippen LogP contribution >= 0.6 is 0 Å². The van der Waals surface area contributed by atoms with Crippen molar-refractivity contribution in [1.82, 2.24) is 0 Å². The molecule has 0 aromatic rings. The second-order valence-electron chi connectivity index (χ2n) is 10.0. The Bertz CT molecular complexity index is 795. The van der Waals surface area contributed by atoms with E-state index in [1.807, 2.05) is 0 Å². The SMILES string of the molecule is CCCCCCCCCCCCCCCCCOC(=O)C(F)(F)C(F)(F)C(F)(F)C(F)(F)C(F)(F)C(F)(F)C(F)(F)F. The number of carbonyl (C=O) groups excluding carboxylic acids is 1. The molecular formula is C25H35F15O2. The molecule has 0 radical (unpaired) electrons. The van der Waals surface area contributed by atoms with E-state index < -0.39 is 54.3 Å². The molecule has 0 bridgehead atoms. The summed E-state index contributed by atoms with van der Waals surface area (Å²) in [5.41, 5.74) is 0. The average Bonchev–Trinajstić information content (AvgIpc) is 2.86. The van der Waals surface area contributed by atoms with Crippen LogP contribution in [0.5, 0.6) is 0 Å². The number of esters is 1. The van der Waals surface area contributed by atoms with Crippen LogP contribution in [-0.2, 0) is 9.53 Å². The molecule has 2 nitrogen and oxygen atoms in total. The molecule has 0 amide bonds. The summed E-state index contributed by atoms with van der Waals surface area (Å²) in [7, 11) is 0. The van der Waals surface area contributed by atoms with Gasteiger partial charge in [0.15, 0.2) is 0 Å². The van der Waals surface area contributed by atoms with Gasteiger partial charge in [-0.1, -0.05) is 96.8 Å². The van der Waals surface area contributed by atoms with E-state index in [0.29, 0.717) is 12.8 Å². The molecule has 0 saturated heterocycles. The summed E-state index contributed by atoms with van der Waals surface area (Å²) in [6.07, 6.45) is 5.29. The third-order valence-electron chi connectivity index (χ3n) is 6.57. The van der Waals surface area contributed by atoms with Crippen molar-refractivity contribution in [3.05, 3.63) is 0 Å². The number of alkyl halides is 15. The highest BCUT2D eigenvalue weighted by Gasteiger charge is 2.94. The summed E-state index contributed by atoms with van der Waals surface area (Å²) in [5.74, 6) is -51.7. The lowest BCUT2D eigenvalue weighted by Gasteiger charge is -2.40. The van der Waals surface area contributed by atoms with Gasteiger partial charge in [-0.15, -0.1) is 0 Å². The van der Waals surface area contributed by atoms with E-state index in [4.69, 9.17) is 0 Å². The second kappa shape index (κ2) is 15.9. The minimum absolute atomic E-state index is 0.167. The number of hydrogen-bond acceptors (Lipinski definition) is 2. The third kappa shape index (κ3) is 9.21. The fourth-order valence-electron chi connectivity index (χ4n) is 3.82. The van der Waals surface area contributed by atoms with Gasteiger partial charge in [-0.2, -0.15) is 65.9 Å². The molecule has 0 atom stereocenters. The lowest BCUT2D eigenvalue weighted by Crippen LogP contribution is -2.73. The van der Waals surface area contributed by atoms with Gasteiger partial charge in [0.2, 0.25) is 0 Å². The lowest BCUT2D eigenvalue weighted by molar-refractivity contribution is -0.450. The van der Waals surface area contributed by atoms with Crippen LogP contribution < -0.4 is 0 Å². The highest BCUT2D eigenvalue weighted by molar-refractivity contribution is 5.79. The quantitative estimate of drug-likeness (QED) is 0.0661. The first-order valence-electron chi connectivity index (χ1n) is 13.5. The van der Waals surface area contributed by atoms with Crippen molar-refractivity contribution in [3.8, 4) is 0 Å². The molecule has 0 unspecified atom stereocenters. The van der Waals surface area contributed by atoms with Crippen molar-refractivity contribution in [2.75, 3.05) is 6.61 Å². The second-order valence-corrected chi connectivity index (χ2v) is 10.0. The summed E-state index contributed by atoms with van der Waals surface area (Å²) < 4.78 is 201. The summed E-state index contributed by atoms with van der Waals surface area (Å²) in [4.78, 5) is 11.3. The van der Waals surface area contributed by atoms with Crippen molar-refractivity contribution < 1.29 is 75.4 Å². The molecule has 0 spiro atoms. The molecule has 0 aliphatic carbocycles. The Morgan fingerprint density at radius 1 is 0.429 bits per heavy atom. The van der Waals surface area contributed by atoms with Crippen molar-refractivity contribution in [2.45, 2.75) is 145 Å². The molecule has 0 rings (SSSR count). The minimum atomic E-state index is -8.43. The smallest absolute Gasteiger partial charge is 0.460 e. The number of halogens is 15. The Morgan fingerprint density at radius 3 is 1.05 bits per heavy atom. The molecular weight excluding hydrogens is 617 g/mol. The van der Waals surface area contributed by atoms with Gasteiger partial charge in [-0.05, 0) is 6.42 Å². The van der Waals surface area contributed by atoms with Crippen LogP contribution in [0.4, 0.5) is 65.9 Å². The monoisotopic (exact) mass is 652 g/mol. The van der Waals surface area contributed by atoms with Crippen LogP contribution in [0.2, 0.25) is 0 Å². The number of ether oxygens (including phenoxy) is 1. The van der Waals surface area contributed by atoms with Gasteiger partial charge in [0.1, 0.15) is 0 Å². The van der Waals surface area contributed by atoms with Crippen LogP contribution in [0.15, 0.2) is 0 Å². The van der Waals surface area contributed by atoms with E-state index in [0.717, 1.165) is 38.5 Å². The van der Waals surface area contributed by atoms with E-state index in [-0.39, 0.29) is 12.8 Å². The van der Waals surface area contributed by atoms with Gasteiger partial charge < -0.3 is 4.74 Å². The van der Waals surface area contributed by atoms with E-state index >= 15 is 0 Å². The number of unbranched alkanes of at least 4 members (excludes halogenated alkanes) is 14. The zero-order valence-electron chi connectivity index (χ0n) is 22.8. The summed E-state index contributed by atoms with van der Waals surface area (Å²) in [6.45, 7) is 1.01. The molecule has 0 aromatic heterocycles. The Morgan fingerprint density at radius 2 is 0.714 bits per heavy atom. The zero-order chi connectivity index (χ0) is 33.1. The Kier molecular flexibility index (Phi) is 15.3. The van der Waals surface area contributed by atoms with Gasteiger partial charge >= 0.3 is 47.7 Å². The molecule has 0 aliphatic heterocycles. The van der Waals surface area contributed by atoms with Gasteiger partial charge in [-0.25, -0.2) is 4.79 Å². The average molecular weight is 653 g/mol. The molecule has 0 saturated carbocycles.